The van der Waals surface area contributed by atoms with Crippen LogP contribution in [0, 0.1) is 0 Å². The zero-order valence-corrected chi connectivity index (χ0v) is 18.7. The van der Waals surface area contributed by atoms with E-state index in [0.717, 1.165) is 45.1 Å². The van der Waals surface area contributed by atoms with Gasteiger partial charge < -0.3 is 19.8 Å². The lowest BCUT2D eigenvalue weighted by Crippen LogP contribution is -2.31. The number of H-pyrrole nitrogens is 1. The molecule has 2 N–H and O–H groups in total. The first-order valence-electron chi connectivity index (χ1n) is 11.5. The molecule has 1 atom stereocenters. The smallest absolute Gasteiger partial charge is 0.257 e. The quantitative estimate of drug-likeness (QED) is 0.605. The SMILES string of the molecule is CCCc1ccc(CCc2[nH]c(OCC3CCCCO3)cc(=O)c2C(=O)NCC)cc1. The van der Waals surface area contributed by atoms with E-state index < -0.39 is 0 Å². The van der Waals surface area contributed by atoms with Gasteiger partial charge in [0.05, 0.1) is 6.10 Å². The average Bonchev–Trinajstić information content (AvgIpc) is 2.78. The van der Waals surface area contributed by atoms with Crippen LogP contribution < -0.4 is 15.5 Å². The monoisotopic (exact) mass is 426 g/mol. The molecule has 168 valence electrons. The van der Waals surface area contributed by atoms with Gasteiger partial charge in [0.2, 0.25) is 0 Å². The number of aryl methyl sites for hydroxylation is 3. The van der Waals surface area contributed by atoms with Crippen molar-refractivity contribution in [3.8, 4) is 5.88 Å². The minimum atomic E-state index is -0.348. The average molecular weight is 427 g/mol. The summed E-state index contributed by atoms with van der Waals surface area (Å²) in [5.74, 6) is 0.0414. The number of pyridine rings is 1. The number of hydrogen-bond acceptors (Lipinski definition) is 4. The second kappa shape index (κ2) is 11.7. The fourth-order valence-corrected chi connectivity index (χ4v) is 3.90. The highest BCUT2D eigenvalue weighted by Gasteiger charge is 2.19. The minimum Gasteiger partial charge on any atom is -0.476 e. The molecule has 1 aliphatic rings. The predicted octanol–water partition coefficient (Wildman–Crippen LogP) is 3.81. The lowest BCUT2D eigenvalue weighted by Gasteiger charge is -2.22. The van der Waals surface area contributed by atoms with Crippen molar-refractivity contribution in [1.82, 2.24) is 10.3 Å². The third kappa shape index (κ3) is 6.69. The van der Waals surface area contributed by atoms with Gasteiger partial charge in [0.25, 0.3) is 5.91 Å². The zero-order valence-electron chi connectivity index (χ0n) is 18.7. The molecular weight excluding hydrogens is 392 g/mol. The first kappa shape index (κ1) is 23.1. The normalized spacial score (nSPS) is 16.1. The summed E-state index contributed by atoms with van der Waals surface area (Å²) in [5.41, 5.74) is 2.95. The van der Waals surface area contributed by atoms with E-state index in [9.17, 15) is 9.59 Å². The Morgan fingerprint density at radius 2 is 1.87 bits per heavy atom. The molecular formula is C25H34N2O4. The van der Waals surface area contributed by atoms with E-state index in [4.69, 9.17) is 9.47 Å². The van der Waals surface area contributed by atoms with Gasteiger partial charge in [0, 0.05) is 24.9 Å². The van der Waals surface area contributed by atoms with E-state index in [1.54, 1.807) is 0 Å². The maximum atomic E-state index is 12.8. The summed E-state index contributed by atoms with van der Waals surface area (Å²) >= 11 is 0. The topological polar surface area (TPSA) is 80.4 Å². The van der Waals surface area contributed by atoms with Gasteiger partial charge in [0.1, 0.15) is 12.2 Å². The van der Waals surface area contributed by atoms with Crippen molar-refractivity contribution >= 4 is 5.91 Å². The summed E-state index contributed by atoms with van der Waals surface area (Å²) < 4.78 is 11.5. The number of carbonyl (C=O) groups excluding carboxylic acids is 1. The number of amides is 1. The minimum absolute atomic E-state index is 0.0467. The highest BCUT2D eigenvalue weighted by atomic mass is 16.5. The summed E-state index contributed by atoms with van der Waals surface area (Å²) in [6.45, 7) is 5.62. The summed E-state index contributed by atoms with van der Waals surface area (Å²) in [5, 5.41) is 2.75. The van der Waals surface area contributed by atoms with E-state index in [-0.39, 0.29) is 23.0 Å². The first-order valence-corrected chi connectivity index (χ1v) is 11.5. The van der Waals surface area contributed by atoms with Crippen LogP contribution in [0.3, 0.4) is 0 Å². The fraction of sp³-hybridized carbons (Fsp3) is 0.520. The van der Waals surface area contributed by atoms with Crippen LogP contribution >= 0.6 is 0 Å². The van der Waals surface area contributed by atoms with E-state index in [0.29, 0.717) is 31.1 Å². The van der Waals surface area contributed by atoms with Crippen LogP contribution in [0.2, 0.25) is 0 Å². The van der Waals surface area contributed by atoms with E-state index in [2.05, 4.69) is 41.5 Å². The maximum absolute atomic E-state index is 12.8. The Hall–Kier alpha value is -2.60. The van der Waals surface area contributed by atoms with Crippen molar-refractivity contribution in [2.45, 2.75) is 64.9 Å². The van der Waals surface area contributed by atoms with Gasteiger partial charge in [-0.3, -0.25) is 9.59 Å². The van der Waals surface area contributed by atoms with Crippen molar-refractivity contribution < 1.29 is 14.3 Å². The Morgan fingerprint density at radius 3 is 2.52 bits per heavy atom. The highest BCUT2D eigenvalue weighted by Crippen LogP contribution is 2.17. The zero-order chi connectivity index (χ0) is 22.1. The first-order chi connectivity index (χ1) is 15.1. The van der Waals surface area contributed by atoms with E-state index >= 15 is 0 Å². The lowest BCUT2D eigenvalue weighted by atomic mass is 10.0. The molecule has 0 radical (unpaired) electrons. The Labute approximate surface area is 184 Å². The molecule has 1 fully saturated rings. The van der Waals surface area contributed by atoms with Crippen LogP contribution in [0.25, 0.3) is 0 Å². The maximum Gasteiger partial charge on any atom is 0.257 e. The summed E-state index contributed by atoms with van der Waals surface area (Å²) in [6.07, 6.45) is 6.68. The third-order valence-electron chi connectivity index (χ3n) is 5.57. The fourth-order valence-electron chi connectivity index (χ4n) is 3.90. The molecule has 1 aliphatic heterocycles. The lowest BCUT2D eigenvalue weighted by molar-refractivity contribution is -0.0120. The Morgan fingerprint density at radius 1 is 1.13 bits per heavy atom. The van der Waals surface area contributed by atoms with Crippen molar-refractivity contribution in [1.29, 1.82) is 0 Å². The molecule has 2 heterocycles. The number of aromatic nitrogens is 1. The van der Waals surface area contributed by atoms with E-state index in [1.165, 1.54) is 17.2 Å². The molecule has 1 amide bonds. The largest absolute Gasteiger partial charge is 0.476 e. The number of benzene rings is 1. The predicted molar refractivity (Wildman–Crippen MR) is 122 cm³/mol. The van der Waals surface area contributed by atoms with Gasteiger partial charge in [-0.05, 0) is 56.6 Å². The second-order valence-electron chi connectivity index (χ2n) is 8.08. The van der Waals surface area contributed by atoms with Crippen molar-refractivity contribution in [3.05, 3.63) is 62.9 Å². The van der Waals surface area contributed by atoms with Gasteiger partial charge in [-0.15, -0.1) is 0 Å². The van der Waals surface area contributed by atoms with Crippen LogP contribution in [0.4, 0.5) is 0 Å². The number of hydrogen-bond donors (Lipinski definition) is 2. The number of nitrogens with one attached hydrogen (secondary N) is 2. The van der Waals surface area contributed by atoms with Crippen LogP contribution in [-0.2, 0) is 24.0 Å². The van der Waals surface area contributed by atoms with Gasteiger partial charge >= 0.3 is 0 Å². The van der Waals surface area contributed by atoms with Gasteiger partial charge in [-0.2, -0.15) is 0 Å². The van der Waals surface area contributed by atoms with Gasteiger partial charge in [0.15, 0.2) is 11.3 Å². The van der Waals surface area contributed by atoms with Crippen molar-refractivity contribution in [2.75, 3.05) is 19.8 Å². The molecule has 3 rings (SSSR count). The van der Waals surface area contributed by atoms with Gasteiger partial charge in [-0.25, -0.2) is 0 Å². The second-order valence-corrected chi connectivity index (χ2v) is 8.08. The molecule has 1 saturated heterocycles. The molecule has 0 spiro atoms. The Balaban J connectivity index is 1.75. The van der Waals surface area contributed by atoms with Crippen LogP contribution in [0.15, 0.2) is 35.1 Å². The molecule has 0 aliphatic carbocycles. The number of rotatable bonds is 10. The molecule has 1 unspecified atom stereocenters. The van der Waals surface area contributed by atoms with Gasteiger partial charge in [-0.1, -0.05) is 37.6 Å². The molecule has 31 heavy (non-hydrogen) atoms. The van der Waals surface area contributed by atoms with E-state index in [1.807, 2.05) is 6.92 Å². The summed E-state index contributed by atoms with van der Waals surface area (Å²) in [7, 11) is 0. The summed E-state index contributed by atoms with van der Waals surface area (Å²) in [4.78, 5) is 28.5. The molecule has 0 saturated carbocycles. The summed E-state index contributed by atoms with van der Waals surface area (Å²) in [6, 6.07) is 9.91. The van der Waals surface area contributed by atoms with Crippen molar-refractivity contribution in [3.63, 3.8) is 0 Å². The standard InChI is InChI=1S/C25H34N2O4/c1-3-7-18-9-11-19(12-10-18)13-14-21-24(25(29)26-4-2)22(28)16-23(27-21)31-17-20-8-5-6-15-30-20/h9-12,16,20H,3-8,13-15,17H2,1-2H3,(H,26,29)(H,27,28). The molecule has 1 aromatic heterocycles. The molecule has 6 heteroatoms. The molecule has 0 bridgehead atoms. The number of ether oxygens (including phenoxy) is 2. The highest BCUT2D eigenvalue weighted by molar-refractivity contribution is 5.95. The van der Waals surface area contributed by atoms with Crippen molar-refractivity contribution in [2.24, 2.45) is 0 Å². The van der Waals surface area contributed by atoms with Crippen LogP contribution in [-0.4, -0.2) is 36.8 Å². The van der Waals surface area contributed by atoms with Crippen LogP contribution in [0.5, 0.6) is 5.88 Å². The van der Waals surface area contributed by atoms with Crippen LogP contribution in [0.1, 0.15) is 66.7 Å². The Bertz CT molecular complexity index is 899. The number of carbonyl (C=O) groups is 1. The molecule has 2 aromatic rings. The Kier molecular flexibility index (Phi) is 8.71. The molecule has 6 nitrogen and oxygen atoms in total. The third-order valence-corrected chi connectivity index (χ3v) is 5.57. The number of aromatic amines is 1. The molecule has 1 aromatic carbocycles.